The van der Waals surface area contributed by atoms with Crippen molar-refractivity contribution in [2.75, 3.05) is 13.6 Å². The minimum absolute atomic E-state index is 0.379. The number of allylic oxidation sites excluding steroid dienone is 1. The smallest absolute Gasteiger partial charge is 0.233 e. The molecule has 1 heterocycles. The van der Waals surface area contributed by atoms with Crippen molar-refractivity contribution >= 4 is 17.3 Å². The van der Waals surface area contributed by atoms with E-state index in [1.807, 2.05) is 24.1 Å². The van der Waals surface area contributed by atoms with Crippen LogP contribution < -0.4 is 0 Å². The van der Waals surface area contributed by atoms with Crippen LogP contribution in [0.3, 0.4) is 0 Å². The number of Topliss-reactive ketones (excluding diaryl/α,β-unsaturated/α-hetero) is 1. The molecule has 1 aromatic carbocycles. The number of rotatable bonds is 0. The van der Waals surface area contributed by atoms with Crippen molar-refractivity contribution in [1.82, 2.24) is 4.90 Å². The van der Waals surface area contributed by atoms with E-state index in [1.165, 1.54) is 11.6 Å². The van der Waals surface area contributed by atoms with Crippen LogP contribution in [0.5, 0.6) is 0 Å². The molecule has 80 valence electrons. The second-order valence-electron chi connectivity index (χ2n) is 4.23. The van der Waals surface area contributed by atoms with Gasteiger partial charge in [0.05, 0.1) is 0 Å². The van der Waals surface area contributed by atoms with Crippen LogP contribution in [-0.4, -0.2) is 30.1 Å². The van der Waals surface area contributed by atoms with Gasteiger partial charge in [0.15, 0.2) is 0 Å². The van der Waals surface area contributed by atoms with Gasteiger partial charge in [-0.25, -0.2) is 0 Å². The first kappa shape index (κ1) is 9.33. The number of ketones is 2. The molecule has 3 heteroatoms. The van der Waals surface area contributed by atoms with E-state index >= 15 is 0 Å². The highest BCUT2D eigenvalue weighted by molar-refractivity contribution is 6.50. The van der Waals surface area contributed by atoms with Crippen molar-refractivity contribution in [2.45, 2.75) is 6.42 Å². The van der Waals surface area contributed by atoms with Crippen LogP contribution in [0, 0.1) is 0 Å². The van der Waals surface area contributed by atoms with Gasteiger partial charge in [-0.2, -0.15) is 0 Å². The average molecular weight is 213 g/mol. The summed E-state index contributed by atoms with van der Waals surface area (Å²) in [7, 11) is 1.95. The summed E-state index contributed by atoms with van der Waals surface area (Å²) >= 11 is 0. The number of nitrogens with zero attached hydrogens (tertiary/aromatic N) is 1. The zero-order valence-corrected chi connectivity index (χ0v) is 8.99. The second-order valence-corrected chi connectivity index (χ2v) is 4.23. The summed E-state index contributed by atoms with van der Waals surface area (Å²) in [6.45, 7) is 0.893. The van der Waals surface area contributed by atoms with E-state index in [0.717, 1.165) is 24.2 Å². The predicted octanol–water partition coefficient (Wildman–Crippen LogP) is 1.28. The van der Waals surface area contributed by atoms with E-state index in [4.69, 9.17) is 0 Å². The van der Waals surface area contributed by atoms with Gasteiger partial charge in [0.25, 0.3) is 0 Å². The first-order chi connectivity index (χ1) is 7.68. The number of benzene rings is 1. The first-order valence-electron chi connectivity index (χ1n) is 5.32. The van der Waals surface area contributed by atoms with Crippen molar-refractivity contribution < 1.29 is 9.59 Å². The Balaban J connectivity index is 2.34. The zero-order valence-electron chi connectivity index (χ0n) is 8.99. The van der Waals surface area contributed by atoms with E-state index in [0.29, 0.717) is 5.56 Å². The SMILES string of the molecule is CN1CCc2cccc3c2C1=CC(=O)C3=O. The Hall–Kier alpha value is -1.90. The Kier molecular flexibility index (Phi) is 1.78. The lowest BCUT2D eigenvalue weighted by molar-refractivity contribution is -0.111. The van der Waals surface area contributed by atoms with Gasteiger partial charge in [0, 0.05) is 36.5 Å². The summed E-state index contributed by atoms with van der Waals surface area (Å²) in [5.74, 6) is -0.788. The first-order valence-corrected chi connectivity index (χ1v) is 5.32. The third-order valence-corrected chi connectivity index (χ3v) is 3.27. The van der Waals surface area contributed by atoms with E-state index in [1.54, 1.807) is 6.07 Å². The Labute approximate surface area is 93.4 Å². The van der Waals surface area contributed by atoms with Gasteiger partial charge >= 0.3 is 0 Å². The molecule has 16 heavy (non-hydrogen) atoms. The highest BCUT2D eigenvalue weighted by Crippen LogP contribution is 2.33. The van der Waals surface area contributed by atoms with Crippen LogP contribution in [0.25, 0.3) is 5.70 Å². The molecule has 0 saturated carbocycles. The lowest BCUT2D eigenvalue weighted by Gasteiger charge is -2.32. The summed E-state index contributed by atoms with van der Waals surface area (Å²) in [5, 5.41) is 0. The molecule has 0 spiro atoms. The molecule has 1 aliphatic heterocycles. The van der Waals surface area contributed by atoms with Crippen LogP contribution in [-0.2, 0) is 11.2 Å². The van der Waals surface area contributed by atoms with Crippen LogP contribution in [0.15, 0.2) is 24.3 Å². The molecule has 3 rings (SSSR count). The van der Waals surface area contributed by atoms with Gasteiger partial charge in [-0.05, 0) is 12.0 Å². The zero-order chi connectivity index (χ0) is 11.3. The number of likely N-dealkylation sites (N-methyl/N-ethyl adjacent to an activating group) is 1. The quantitative estimate of drug-likeness (QED) is 0.609. The van der Waals surface area contributed by atoms with Crippen molar-refractivity contribution in [3.63, 3.8) is 0 Å². The van der Waals surface area contributed by atoms with Crippen LogP contribution in [0.2, 0.25) is 0 Å². The molecule has 2 aliphatic rings. The van der Waals surface area contributed by atoms with E-state index in [9.17, 15) is 9.59 Å². The monoisotopic (exact) mass is 213 g/mol. The topological polar surface area (TPSA) is 37.4 Å². The van der Waals surface area contributed by atoms with Crippen molar-refractivity contribution in [3.05, 3.63) is 41.0 Å². The largest absolute Gasteiger partial charge is 0.374 e. The van der Waals surface area contributed by atoms with Crippen molar-refractivity contribution in [1.29, 1.82) is 0 Å². The molecule has 1 aliphatic carbocycles. The Morgan fingerprint density at radius 2 is 2.06 bits per heavy atom. The average Bonchev–Trinajstić information content (AvgIpc) is 2.29. The summed E-state index contributed by atoms with van der Waals surface area (Å²) in [6, 6.07) is 5.63. The number of carbonyl (C=O) groups is 2. The van der Waals surface area contributed by atoms with Gasteiger partial charge in [-0.3, -0.25) is 9.59 Å². The Bertz CT molecular complexity index is 543. The maximum Gasteiger partial charge on any atom is 0.233 e. The lowest BCUT2D eigenvalue weighted by atomic mass is 9.85. The van der Waals surface area contributed by atoms with Crippen molar-refractivity contribution in [2.24, 2.45) is 0 Å². The minimum Gasteiger partial charge on any atom is -0.374 e. The molecule has 0 radical (unpaired) electrons. The van der Waals surface area contributed by atoms with Crippen LogP contribution in [0.1, 0.15) is 21.5 Å². The molecule has 0 amide bonds. The molecule has 3 nitrogen and oxygen atoms in total. The summed E-state index contributed by atoms with van der Waals surface area (Å²) in [6.07, 6.45) is 2.39. The van der Waals surface area contributed by atoms with Gasteiger partial charge in [0.2, 0.25) is 11.6 Å². The molecule has 0 N–H and O–H groups in total. The van der Waals surface area contributed by atoms with Crippen molar-refractivity contribution in [3.8, 4) is 0 Å². The standard InChI is InChI=1S/C13H11NO2/c1-14-6-5-8-3-2-4-9-12(8)10(14)7-11(15)13(9)16/h2-4,7H,5-6H2,1H3. The van der Waals surface area contributed by atoms with Gasteiger partial charge < -0.3 is 4.90 Å². The Morgan fingerprint density at radius 3 is 2.88 bits per heavy atom. The molecule has 0 atom stereocenters. The molecule has 0 unspecified atom stereocenters. The number of hydrogen-bond donors (Lipinski definition) is 0. The van der Waals surface area contributed by atoms with Gasteiger partial charge in [-0.15, -0.1) is 0 Å². The molecule has 0 aromatic heterocycles. The molecular formula is C13H11NO2. The predicted molar refractivity (Wildman–Crippen MR) is 60.1 cm³/mol. The number of hydrogen-bond acceptors (Lipinski definition) is 3. The highest BCUT2D eigenvalue weighted by atomic mass is 16.2. The normalized spacial score (nSPS) is 18.3. The van der Waals surface area contributed by atoms with Crippen LogP contribution in [0.4, 0.5) is 0 Å². The maximum absolute atomic E-state index is 11.7. The second kappa shape index (κ2) is 3.04. The molecule has 0 fully saturated rings. The van der Waals surface area contributed by atoms with E-state index in [2.05, 4.69) is 0 Å². The fourth-order valence-electron chi connectivity index (χ4n) is 2.40. The van der Waals surface area contributed by atoms with Gasteiger partial charge in [0.1, 0.15) is 0 Å². The number of carbonyl (C=O) groups excluding carboxylic acids is 2. The lowest BCUT2D eigenvalue weighted by Crippen LogP contribution is -2.32. The Morgan fingerprint density at radius 1 is 1.25 bits per heavy atom. The summed E-state index contributed by atoms with van der Waals surface area (Å²) in [4.78, 5) is 25.3. The highest BCUT2D eigenvalue weighted by Gasteiger charge is 2.31. The summed E-state index contributed by atoms with van der Waals surface area (Å²) < 4.78 is 0. The van der Waals surface area contributed by atoms with Gasteiger partial charge in [-0.1, -0.05) is 18.2 Å². The molecule has 1 aromatic rings. The molecule has 0 saturated heterocycles. The fraction of sp³-hybridized carbons (Fsp3) is 0.231. The third-order valence-electron chi connectivity index (χ3n) is 3.27. The third kappa shape index (κ3) is 1.08. The summed E-state index contributed by atoms with van der Waals surface area (Å²) in [5.41, 5.74) is 3.58. The van der Waals surface area contributed by atoms with E-state index < -0.39 is 5.78 Å². The maximum atomic E-state index is 11.7. The van der Waals surface area contributed by atoms with Crippen LogP contribution >= 0.6 is 0 Å². The minimum atomic E-state index is -0.409. The molecule has 0 bridgehead atoms. The fourth-order valence-corrected chi connectivity index (χ4v) is 2.40. The van der Waals surface area contributed by atoms with E-state index in [-0.39, 0.29) is 5.78 Å². The molecular weight excluding hydrogens is 202 g/mol.